The number of aromatic nitrogens is 4. The number of piperidine rings is 1. The highest BCUT2D eigenvalue weighted by Crippen LogP contribution is 2.24. The molecular formula is C11H14ClN5. The number of hydrogen-bond donors (Lipinski definition) is 1. The quantitative estimate of drug-likeness (QED) is 0.788. The minimum atomic E-state index is 0.215. The number of hydrogen-bond acceptors (Lipinski definition) is 4. The third kappa shape index (κ3) is 2.00. The van der Waals surface area contributed by atoms with Crippen molar-refractivity contribution in [1.82, 2.24) is 25.3 Å². The fraction of sp³-hybridized carbons (Fsp3) is 0.545. The van der Waals surface area contributed by atoms with E-state index in [4.69, 9.17) is 11.6 Å². The molecule has 0 radical (unpaired) electrons. The van der Waals surface area contributed by atoms with Crippen molar-refractivity contribution in [3.05, 3.63) is 17.3 Å². The number of pyridine rings is 1. The van der Waals surface area contributed by atoms with Crippen molar-refractivity contribution in [2.75, 3.05) is 6.54 Å². The molecule has 0 spiro atoms. The van der Waals surface area contributed by atoms with Crippen LogP contribution >= 0.6 is 11.6 Å². The van der Waals surface area contributed by atoms with E-state index < -0.39 is 0 Å². The van der Waals surface area contributed by atoms with Crippen LogP contribution in [0, 0.1) is 5.92 Å². The van der Waals surface area contributed by atoms with E-state index in [1.807, 2.05) is 10.7 Å². The number of fused-ring (bicyclic) bond motifs is 1. The van der Waals surface area contributed by atoms with Gasteiger partial charge in [-0.15, -0.1) is 5.10 Å². The molecular weight excluding hydrogens is 238 g/mol. The van der Waals surface area contributed by atoms with Crippen LogP contribution in [0.2, 0.25) is 5.15 Å². The highest BCUT2D eigenvalue weighted by molar-refractivity contribution is 6.29. The third-order valence-electron chi connectivity index (χ3n) is 3.24. The topological polar surface area (TPSA) is 55.6 Å². The van der Waals surface area contributed by atoms with E-state index in [9.17, 15) is 0 Å². The largest absolute Gasteiger partial charge is 0.296 e. The van der Waals surface area contributed by atoms with Crippen molar-refractivity contribution in [2.45, 2.75) is 25.9 Å². The van der Waals surface area contributed by atoms with Crippen LogP contribution in [0.1, 0.15) is 25.9 Å². The predicted molar refractivity (Wildman–Crippen MR) is 65.8 cm³/mol. The van der Waals surface area contributed by atoms with Crippen molar-refractivity contribution in [2.24, 2.45) is 5.92 Å². The van der Waals surface area contributed by atoms with Crippen molar-refractivity contribution in [1.29, 1.82) is 0 Å². The molecule has 1 fully saturated rings. The Morgan fingerprint density at radius 3 is 3.18 bits per heavy atom. The molecule has 6 heteroatoms. The van der Waals surface area contributed by atoms with Crippen LogP contribution in [0.3, 0.4) is 0 Å². The summed E-state index contributed by atoms with van der Waals surface area (Å²) in [5.74, 6) is 0.709. The summed E-state index contributed by atoms with van der Waals surface area (Å²) in [4.78, 5) is 4.15. The third-order valence-corrected chi connectivity index (χ3v) is 3.45. The van der Waals surface area contributed by atoms with E-state index in [0.29, 0.717) is 16.7 Å². The lowest BCUT2D eigenvalue weighted by molar-refractivity contribution is 0.245. The highest BCUT2D eigenvalue weighted by atomic mass is 35.5. The van der Waals surface area contributed by atoms with Gasteiger partial charge in [0.1, 0.15) is 16.8 Å². The summed E-state index contributed by atoms with van der Waals surface area (Å²) in [6.45, 7) is 3.29. The zero-order chi connectivity index (χ0) is 11.8. The SMILES string of the molecule is CC1CCNC(n2nnc3nc(Cl)ccc32)C1. The maximum atomic E-state index is 5.83. The fourth-order valence-corrected chi connectivity index (χ4v) is 2.45. The minimum Gasteiger partial charge on any atom is -0.296 e. The number of nitrogens with one attached hydrogen (secondary N) is 1. The van der Waals surface area contributed by atoms with Gasteiger partial charge in [0.05, 0.1) is 0 Å². The Morgan fingerprint density at radius 2 is 2.35 bits per heavy atom. The second-order valence-electron chi connectivity index (χ2n) is 4.61. The molecule has 0 saturated carbocycles. The van der Waals surface area contributed by atoms with Gasteiger partial charge in [-0.05, 0) is 37.4 Å². The van der Waals surface area contributed by atoms with Crippen molar-refractivity contribution in [3.63, 3.8) is 0 Å². The lowest BCUT2D eigenvalue weighted by Gasteiger charge is -2.28. The molecule has 3 rings (SSSR count). The first kappa shape index (κ1) is 10.9. The Hall–Kier alpha value is -1.20. The lowest BCUT2D eigenvalue weighted by atomic mass is 9.98. The molecule has 2 aromatic heterocycles. The Morgan fingerprint density at radius 1 is 1.47 bits per heavy atom. The minimum absolute atomic E-state index is 0.215. The monoisotopic (exact) mass is 251 g/mol. The van der Waals surface area contributed by atoms with Gasteiger partial charge in [0.2, 0.25) is 5.65 Å². The first-order valence-electron chi connectivity index (χ1n) is 5.85. The molecule has 1 aliphatic rings. The maximum absolute atomic E-state index is 5.83. The zero-order valence-electron chi connectivity index (χ0n) is 9.60. The van der Waals surface area contributed by atoms with Gasteiger partial charge < -0.3 is 0 Å². The standard InChI is InChI=1S/C11H14ClN5/c1-7-4-5-13-10(6-7)17-8-2-3-9(12)14-11(8)15-16-17/h2-3,7,10,13H,4-6H2,1H3. The van der Waals surface area contributed by atoms with Gasteiger partial charge in [0.15, 0.2) is 0 Å². The number of nitrogens with zero attached hydrogens (tertiary/aromatic N) is 4. The average Bonchev–Trinajstić information content (AvgIpc) is 2.71. The van der Waals surface area contributed by atoms with Crippen LogP contribution in [-0.2, 0) is 0 Å². The fourth-order valence-electron chi connectivity index (χ4n) is 2.30. The summed E-state index contributed by atoms with van der Waals surface area (Å²) >= 11 is 5.83. The van der Waals surface area contributed by atoms with Gasteiger partial charge in [0.25, 0.3) is 0 Å². The van der Waals surface area contributed by atoms with Gasteiger partial charge >= 0.3 is 0 Å². The van der Waals surface area contributed by atoms with Gasteiger partial charge in [-0.3, -0.25) is 5.32 Å². The molecule has 17 heavy (non-hydrogen) atoms. The highest BCUT2D eigenvalue weighted by Gasteiger charge is 2.22. The van der Waals surface area contributed by atoms with Crippen LogP contribution in [-0.4, -0.2) is 26.5 Å². The smallest absolute Gasteiger partial charge is 0.203 e. The molecule has 0 aliphatic carbocycles. The molecule has 2 aromatic rings. The van der Waals surface area contributed by atoms with E-state index in [0.717, 1.165) is 18.5 Å². The summed E-state index contributed by atoms with van der Waals surface area (Å²) in [6, 6.07) is 3.70. The summed E-state index contributed by atoms with van der Waals surface area (Å²) in [7, 11) is 0. The molecule has 2 unspecified atom stereocenters. The second-order valence-corrected chi connectivity index (χ2v) is 5.00. The second kappa shape index (κ2) is 4.23. The van der Waals surface area contributed by atoms with Crippen LogP contribution in [0.4, 0.5) is 0 Å². The number of rotatable bonds is 1. The molecule has 90 valence electrons. The van der Waals surface area contributed by atoms with E-state index in [1.54, 1.807) is 6.07 Å². The summed E-state index contributed by atoms with van der Waals surface area (Å²) in [5, 5.41) is 12.1. The molecule has 5 nitrogen and oxygen atoms in total. The molecule has 0 aromatic carbocycles. The Kier molecular flexibility index (Phi) is 2.72. The van der Waals surface area contributed by atoms with Crippen molar-refractivity contribution in [3.8, 4) is 0 Å². The first-order chi connectivity index (χ1) is 8.24. The van der Waals surface area contributed by atoms with E-state index >= 15 is 0 Å². The molecule has 0 bridgehead atoms. The molecule has 0 amide bonds. The molecule has 1 saturated heterocycles. The summed E-state index contributed by atoms with van der Waals surface area (Å²) in [6.07, 6.45) is 2.50. The van der Waals surface area contributed by atoms with Crippen LogP contribution in [0.15, 0.2) is 12.1 Å². The van der Waals surface area contributed by atoms with Crippen molar-refractivity contribution < 1.29 is 0 Å². The van der Waals surface area contributed by atoms with Crippen LogP contribution in [0.25, 0.3) is 11.2 Å². The Bertz CT molecular complexity index is 538. The average molecular weight is 252 g/mol. The molecule has 1 aliphatic heterocycles. The van der Waals surface area contributed by atoms with E-state index in [2.05, 4.69) is 27.5 Å². The van der Waals surface area contributed by atoms with E-state index in [1.165, 1.54) is 6.42 Å². The van der Waals surface area contributed by atoms with Gasteiger partial charge in [-0.25, -0.2) is 9.67 Å². The summed E-state index contributed by atoms with van der Waals surface area (Å²) < 4.78 is 1.91. The Balaban J connectivity index is 1.99. The van der Waals surface area contributed by atoms with Gasteiger partial charge in [0, 0.05) is 0 Å². The summed E-state index contributed by atoms with van der Waals surface area (Å²) in [5.41, 5.74) is 1.54. The number of halogens is 1. The lowest BCUT2D eigenvalue weighted by Crippen LogP contribution is -2.35. The molecule has 2 atom stereocenters. The predicted octanol–water partition coefficient (Wildman–Crippen LogP) is 2.00. The van der Waals surface area contributed by atoms with E-state index in [-0.39, 0.29) is 6.17 Å². The zero-order valence-corrected chi connectivity index (χ0v) is 10.4. The van der Waals surface area contributed by atoms with Crippen LogP contribution in [0.5, 0.6) is 0 Å². The van der Waals surface area contributed by atoms with Crippen LogP contribution < -0.4 is 5.32 Å². The van der Waals surface area contributed by atoms with Gasteiger partial charge in [-0.1, -0.05) is 23.7 Å². The Labute approximate surface area is 104 Å². The molecule has 3 heterocycles. The van der Waals surface area contributed by atoms with Crippen molar-refractivity contribution >= 4 is 22.8 Å². The first-order valence-corrected chi connectivity index (χ1v) is 6.22. The molecule has 1 N–H and O–H groups in total. The van der Waals surface area contributed by atoms with Gasteiger partial charge in [-0.2, -0.15) is 0 Å². The normalized spacial score (nSPS) is 25.3. The maximum Gasteiger partial charge on any atom is 0.203 e.